The first-order valence-electron chi connectivity index (χ1n) is 9.01. The average molecular weight is 397 g/mol. The zero-order chi connectivity index (χ0) is 20.5. The Balaban J connectivity index is 1.65. The molecule has 1 aromatic heterocycles. The molecule has 0 aliphatic carbocycles. The molecule has 0 bridgehead atoms. The lowest BCUT2D eigenvalue weighted by Crippen LogP contribution is -2.31. The molecule has 1 heterocycles. The first-order valence-corrected chi connectivity index (χ1v) is 9.01. The molecule has 0 fully saturated rings. The van der Waals surface area contributed by atoms with Crippen LogP contribution in [-0.4, -0.2) is 42.6 Å². The fourth-order valence-electron chi connectivity index (χ4n) is 2.65. The Morgan fingerprint density at radius 1 is 1.10 bits per heavy atom. The van der Waals surface area contributed by atoms with Crippen LogP contribution in [0.1, 0.15) is 0 Å². The first-order chi connectivity index (χ1) is 14.2. The summed E-state index contributed by atoms with van der Waals surface area (Å²) in [6, 6.07) is 14.4. The summed E-state index contributed by atoms with van der Waals surface area (Å²) in [5.74, 6) is 1.78. The molecule has 3 aromatic rings. The van der Waals surface area contributed by atoms with Crippen LogP contribution in [0.5, 0.6) is 17.2 Å². The predicted molar refractivity (Wildman–Crippen MR) is 108 cm³/mol. The molecule has 8 heteroatoms. The lowest BCUT2D eigenvalue weighted by Gasteiger charge is -2.20. The number of benzene rings is 2. The van der Waals surface area contributed by atoms with E-state index in [0.29, 0.717) is 29.5 Å². The topological polar surface area (TPSA) is 83.8 Å². The molecule has 0 saturated heterocycles. The number of hydrogen-bond donors (Lipinski definition) is 1. The number of nitrogens with zero attached hydrogens (tertiary/aromatic N) is 2. The molecule has 1 unspecified atom stereocenters. The van der Waals surface area contributed by atoms with Gasteiger partial charge in [0.05, 0.1) is 32.8 Å². The second-order valence-electron chi connectivity index (χ2n) is 6.10. The van der Waals surface area contributed by atoms with Crippen molar-refractivity contribution in [3.63, 3.8) is 0 Å². The molecular weight excluding hydrogens is 374 g/mol. The maximum absolute atomic E-state index is 12.5. The van der Waals surface area contributed by atoms with Crippen molar-refractivity contribution in [2.45, 2.75) is 12.6 Å². The maximum atomic E-state index is 12.5. The molecule has 3 rings (SSSR count). The molecule has 0 radical (unpaired) electrons. The molecule has 2 aromatic carbocycles. The standard InChI is InChI=1S/C21H23N3O5/c1-26-17-8-9-19(20(12-17)27-2)23-21(25)29-18(13-24-11-10-22-15-24)14-28-16-6-4-3-5-7-16/h3-12,15,18H,13-14H2,1-2H3,(H,23,25). The molecule has 0 aliphatic rings. The van der Waals surface area contributed by atoms with Gasteiger partial charge in [-0.1, -0.05) is 18.2 Å². The summed E-state index contributed by atoms with van der Waals surface area (Å²) in [4.78, 5) is 16.5. The van der Waals surface area contributed by atoms with E-state index in [0.717, 1.165) is 0 Å². The zero-order valence-corrected chi connectivity index (χ0v) is 16.3. The van der Waals surface area contributed by atoms with E-state index in [1.165, 1.54) is 7.11 Å². The van der Waals surface area contributed by atoms with E-state index in [1.807, 2.05) is 34.9 Å². The number of amides is 1. The third kappa shape index (κ3) is 5.90. The van der Waals surface area contributed by atoms with Crippen LogP contribution in [0.25, 0.3) is 0 Å². The number of aromatic nitrogens is 2. The number of nitrogens with one attached hydrogen (secondary N) is 1. The van der Waals surface area contributed by atoms with Crippen LogP contribution in [0.3, 0.4) is 0 Å². The number of anilines is 1. The highest BCUT2D eigenvalue weighted by Gasteiger charge is 2.18. The highest BCUT2D eigenvalue weighted by atomic mass is 16.6. The SMILES string of the molecule is COc1ccc(NC(=O)OC(COc2ccccc2)Cn2ccnc2)c(OC)c1. The van der Waals surface area contributed by atoms with Gasteiger partial charge in [0, 0.05) is 18.5 Å². The number of methoxy groups -OCH3 is 2. The molecule has 0 aliphatic heterocycles. The van der Waals surface area contributed by atoms with Gasteiger partial charge in [-0.05, 0) is 24.3 Å². The van der Waals surface area contributed by atoms with Gasteiger partial charge in [0.2, 0.25) is 0 Å². The quantitative estimate of drug-likeness (QED) is 0.594. The van der Waals surface area contributed by atoms with Crippen molar-refractivity contribution in [1.82, 2.24) is 9.55 Å². The summed E-state index contributed by atoms with van der Waals surface area (Å²) in [5, 5.41) is 2.70. The van der Waals surface area contributed by atoms with Crippen molar-refractivity contribution in [2.75, 3.05) is 26.1 Å². The Hall–Kier alpha value is -3.68. The minimum absolute atomic E-state index is 0.190. The Bertz CT molecular complexity index is 900. The fraction of sp³-hybridized carbons (Fsp3) is 0.238. The van der Waals surface area contributed by atoms with Gasteiger partial charge in [-0.15, -0.1) is 0 Å². The largest absolute Gasteiger partial charge is 0.497 e. The second-order valence-corrected chi connectivity index (χ2v) is 6.10. The predicted octanol–water partition coefficient (Wildman–Crippen LogP) is 3.60. The number of para-hydroxylation sites is 1. The van der Waals surface area contributed by atoms with E-state index in [4.69, 9.17) is 18.9 Å². The van der Waals surface area contributed by atoms with E-state index < -0.39 is 12.2 Å². The monoisotopic (exact) mass is 397 g/mol. The van der Waals surface area contributed by atoms with Gasteiger partial charge in [0.25, 0.3) is 0 Å². The number of carbonyl (C=O) groups is 1. The van der Waals surface area contributed by atoms with E-state index in [2.05, 4.69) is 10.3 Å². The van der Waals surface area contributed by atoms with Gasteiger partial charge >= 0.3 is 6.09 Å². The zero-order valence-electron chi connectivity index (χ0n) is 16.3. The van der Waals surface area contributed by atoms with Gasteiger partial charge in [-0.2, -0.15) is 0 Å². The van der Waals surface area contributed by atoms with E-state index >= 15 is 0 Å². The molecule has 8 nitrogen and oxygen atoms in total. The third-order valence-corrected chi connectivity index (χ3v) is 4.07. The van der Waals surface area contributed by atoms with Crippen molar-refractivity contribution in [3.05, 3.63) is 67.3 Å². The summed E-state index contributed by atoms with van der Waals surface area (Å²) < 4.78 is 23.6. The molecule has 0 saturated carbocycles. The summed E-state index contributed by atoms with van der Waals surface area (Å²) in [6.07, 6.45) is 3.97. The number of rotatable bonds is 9. The van der Waals surface area contributed by atoms with Crippen LogP contribution in [0, 0.1) is 0 Å². The Morgan fingerprint density at radius 3 is 2.62 bits per heavy atom. The molecule has 0 spiro atoms. The van der Waals surface area contributed by atoms with Crippen molar-refractivity contribution >= 4 is 11.8 Å². The van der Waals surface area contributed by atoms with Crippen molar-refractivity contribution in [3.8, 4) is 17.2 Å². The normalized spacial score (nSPS) is 11.4. The van der Waals surface area contributed by atoms with Gasteiger partial charge in [-0.25, -0.2) is 9.78 Å². The van der Waals surface area contributed by atoms with E-state index in [9.17, 15) is 4.79 Å². The lowest BCUT2D eigenvalue weighted by molar-refractivity contribution is 0.0641. The first kappa shape index (κ1) is 20.1. The molecule has 1 atom stereocenters. The minimum atomic E-state index is -0.616. The molecule has 29 heavy (non-hydrogen) atoms. The minimum Gasteiger partial charge on any atom is -0.497 e. The van der Waals surface area contributed by atoms with E-state index in [1.54, 1.807) is 44.0 Å². The highest BCUT2D eigenvalue weighted by Crippen LogP contribution is 2.29. The molecule has 1 amide bonds. The molecule has 152 valence electrons. The average Bonchev–Trinajstić information content (AvgIpc) is 3.26. The maximum Gasteiger partial charge on any atom is 0.412 e. The lowest BCUT2D eigenvalue weighted by atomic mass is 10.2. The van der Waals surface area contributed by atoms with Crippen LogP contribution in [-0.2, 0) is 11.3 Å². The van der Waals surface area contributed by atoms with Gasteiger partial charge < -0.3 is 23.5 Å². The Kier molecular flexibility index (Phi) is 6.94. The summed E-state index contributed by atoms with van der Waals surface area (Å²) in [7, 11) is 3.07. The number of hydrogen-bond acceptors (Lipinski definition) is 6. The number of ether oxygens (including phenoxy) is 4. The van der Waals surface area contributed by atoms with E-state index in [-0.39, 0.29) is 6.61 Å². The summed E-state index contributed by atoms with van der Waals surface area (Å²) in [5.41, 5.74) is 0.476. The smallest absolute Gasteiger partial charge is 0.412 e. The summed E-state index contributed by atoms with van der Waals surface area (Å²) >= 11 is 0. The second kappa shape index (κ2) is 10.0. The van der Waals surface area contributed by atoms with Crippen LogP contribution >= 0.6 is 0 Å². The Labute approximate surface area is 169 Å². The molecular formula is C21H23N3O5. The van der Waals surface area contributed by atoms with Gasteiger partial charge in [0.1, 0.15) is 23.9 Å². The van der Waals surface area contributed by atoms with Gasteiger partial charge in [-0.3, -0.25) is 5.32 Å². The Morgan fingerprint density at radius 2 is 1.93 bits per heavy atom. The van der Waals surface area contributed by atoms with Crippen molar-refractivity contribution in [2.24, 2.45) is 0 Å². The van der Waals surface area contributed by atoms with Crippen molar-refractivity contribution in [1.29, 1.82) is 0 Å². The number of carbonyl (C=O) groups excluding carboxylic acids is 1. The van der Waals surface area contributed by atoms with Crippen LogP contribution in [0.15, 0.2) is 67.3 Å². The van der Waals surface area contributed by atoms with Crippen molar-refractivity contribution < 1.29 is 23.7 Å². The fourth-order valence-corrected chi connectivity index (χ4v) is 2.65. The van der Waals surface area contributed by atoms with Crippen LogP contribution in [0.2, 0.25) is 0 Å². The van der Waals surface area contributed by atoms with Crippen LogP contribution < -0.4 is 19.5 Å². The van der Waals surface area contributed by atoms with Crippen LogP contribution in [0.4, 0.5) is 10.5 Å². The van der Waals surface area contributed by atoms with Gasteiger partial charge in [0.15, 0.2) is 6.10 Å². The highest BCUT2D eigenvalue weighted by molar-refractivity contribution is 5.87. The summed E-state index contributed by atoms with van der Waals surface area (Å²) in [6.45, 7) is 0.593. The molecule has 1 N–H and O–H groups in total. The third-order valence-electron chi connectivity index (χ3n) is 4.07. The number of imidazole rings is 1.